The van der Waals surface area contributed by atoms with Crippen molar-refractivity contribution in [2.75, 3.05) is 37.6 Å². The predicted molar refractivity (Wildman–Crippen MR) is 133 cm³/mol. The number of nitrogens with zero attached hydrogens (tertiary/aromatic N) is 4. The monoisotopic (exact) mass is 517 g/mol. The van der Waals surface area contributed by atoms with Crippen LogP contribution >= 0.6 is 11.6 Å². The lowest BCUT2D eigenvalue weighted by Crippen LogP contribution is -2.45. The molecule has 1 aromatic carbocycles. The molecule has 0 aliphatic carbocycles. The second kappa shape index (κ2) is 10.7. The normalized spacial score (nSPS) is 20.4. The van der Waals surface area contributed by atoms with Gasteiger partial charge in [-0.2, -0.15) is 0 Å². The van der Waals surface area contributed by atoms with Crippen molar-refractivity contribution in [3.05, 3.63) is 58.5 Å². The van der Waals surface area contributed by atoms with Gasteiger partial charge in [0.2, 0.25) is 11.8 Å². The van der Waals surface area contributed by atoms with Gasteiger partial charge in [-0.25, -0.2) is 14.2 Å². The highest BCUT2D eigenvalue weighted by Crippen LogP contribution is 2.35. The van der Waals surface area contributed by atoms with Crippen molar-refractivity contribution >= 4 is 35.3 Å². The minimum atomic E-state index is -1.07. The third-order valence-corrected chi connectivity index (χ3v) is 7.47. The van der Waals surface area contributed by atoms with E-state index in [1.165, 1.54) is 23.2 Å². The number of pyridine rings is 1. The van der Waals surface area contributed by atoms with E-state index in [0.29, 0.717) is 43.6 Å². The van der Waals surface area contributed by atoms with Gasteiger partial charge in [-0.05, 0) is 49.6 Å². The summed E-state index contributed by atoms with van der Waals surface area (Å²) in [5.74, 6) is -0.961. The maximum Gasteiger partial charge on any atom is 0.407 e. The number of carbonyl (C=O) groups excluding carboxylic acids is 2. The zero-order chi connectivity index (χ0) is 26.0. The van der Waals surface area contributed by atoms with E-state index in [-0.39, 0.29) is 35.9 Å². The van der Waals surface area contributed by atoms with Crippen molar-refractivity contribution in [1.82, 2.24) is 14.8 Å². The van der Waals surface area contributed by atoms with Gasteiger partial charge in [-0.1, -0.05) is 17.7 Å². The molecule has 0 spiro atoms. The average molecular weight is 518 g/mol. The molecule has 2 aromatic rings. The Balaban J connectivity index is 1.46. The van der Waals surface area contributed by atoms with Gasteiger partial charge in [0.15, 0.2) is 0 Å². The molecule has 36 heavy (non-hydrogen) atoms. The number of hydrogen-bond acceptors (Lipinski definition) is 5. The first-order chi connectivity index (χ1) is 17.2. The minimum Gasteiger partial charge on any atom is -0.465 e. The van der Waals surface area contributed by atoms with Gasteiger partial charge in [-0.15, -0.1) is 0 Å². The van der Waals surface area contributed by atoms with E-state index in [9.17, 15) is 23.9 Å². The Morgan fingerprint density at radius 3 is 2.47 bits per heavy atom. The van der Waals surface area contributed by atoms with Crippen LogP contribution in [0.2, 0.25) is 5.02 Å². The standard InChI is InChI=1S/C25H29ClFN5O4/c1-2-32(25(35)36)21-14-31(13-18(21)16-3-5-19(26)20(27)11-16)24(34)15-7-9-30(10-8-15)22-6-4-17(12-29-22)23(28)33/h3-6,11-12,15,18,21H,2,7-10,13-14H2,1H3,(H2,28,33)(H,35,36)/t18-,21+/m0/s1. The van der Waals surface area contributed by atoms with Crippen molar-refractivity contribution in [2.45, 2.75) is 31.7 Å². The number of carbonyl (C=O) groups is 3. The van der Waals surface area contributed by atoms with E-state index in [1.54, 1.807) is 30.0 Å². The van der Waals surface area contributed by atoms with Crippen molar-refractivity contribution in [1.29, 1.82) is 0 Å². The molecule has 2 aliphatic heterocycles. The number of amides is 3. The molecule has 3 amide bonds. The SMILES string of the molecule is CCN(C(=O)O)[C@@H]1CN(C(=O)C2CCN(c3ccc(C(N)=O)cn3)CC2)C[C@H]1c1ccc(Cl)c(F)c1. The van der Waals surface area contributed by atoms with Gasteiger partial charge in [-0.3, -0.25) is 9.59 Å². The van der Waals surface area contributed by atoms with Crippen molar-refractivity contribution in [2.24, 2.45) is 11.7 Å². The van der Waals surface area contributed by atoms with Crippen LogP contribution in [0.15, 0.2) is 36.5 Å². The number of rotatable bonds is 6. The van der Waals surface area contributed by atoms with E-state index in [0.717, 1.165) is 5.82 Å². The summed E-state index contributed by atoms with van der Waals surface area (Å²) in [6.07, 6.45) is 1.62. The summed E-state index contributed by atoms with van der Waals surface area (Å²) >= 11 is 5.85. The highest BCUT2D eigenvalue weighted by molar-refractivity contribution is 6.30. The minimum absolute atomic E-state index is 0.00247. The second-order valence-electron chi connectivity index (χ2n) is 9.19. The Morgan fingerprint density at radius 2 is 1.92 bits per heavy atom. The molecule has 0 unspecified atom stereocenters. The molecule has 2 saturated heterocycles. The molecule has 2 atom stereocenters. The molecular weight excluding hydrogens is 489 g/mol. The van der Waals surface area contributed by atoms with Gasteiger partial charge < -0.3 is 25.5 Å². The summed E-state index contributed by atoms with van der Waals surface area (Å²) in [6.45, 7) is 3.82. The Bertz CT molecular complexity index is 1140. The second-order valence-corrected chi connectivity index (χ2v) is 9.60. The van der Waals surface area contributed by atoms with Crippen LogP contribution in [0, 0.1) is 11.7 Å². The van der Waals surface area contributed by atoms with Crippen LogP contribution in [0.25, 0.3) is 0 Å². The molecule has 11 heteroatoms. The van der Waals surface area contributed by atoms with Gasteiger partial charge in [0.25, 0.3) is 0 Å². The van der Waals surface area contributed by atoms with E-state index in [1.807, 2.05) is 0 Å². The zero-order valence-electron chi connectivity index (χ0n) is 19.9. The summed E-state index contributed by atoms with van der Waals surface area (Å²) in [4.78, 5) is 46.0. The Labute approximate surface area is 213 Å². The number of hydrogen-bond donors (Lipinski definition) is 2. The number of aromatic nitrogens is 1. The van der Waals surface area contributed by atoms with Crippen LogP contribution in [0.3, 0.4) is 0 Å². The molecule has 3 heterocycles. The summed E-state index contributed by atoms with van der Waals surface area (Å²) < 4.78 is 14.2. The number of carboxylic acid groups (broad SMARTS) is 1. The Morgan fingerprint density at radius 1 is 1.19 bits per heavy atom. The average Bonchev–Trinajstić information content (AvgIpc) is 3.30. The van der Waals surface area contributed by atoms with Crippen LogP contribution in [0.1, 0.15) is 41.6 Å². The number of halogens is 2. The maximum atomic E-state index is 14.2. The van der Waals surface area contributed by atoms with Crippen LogP contribution < -0.4 is 10.6 Å². The highest BCUT2D eigenvalue weighted by Gasteiger charge is 2.43. The van der Waals surface area contributed by atoms with Gasteiger partial charge in [0.05, 0.1) is 16.6 Å². The van der Waals surface area contributed by atoms with Gasteiger partial charge >= 0.3 is 6.09 Å². The Hall–Kier alpha value is -3.40. The van der Waals surface area contributed by atoms with E-state index >= 15 is 0 Å². The van der Waals surface area contributed by atoms with Gasteiger partial charge in [0, 0.05) is 50.8 Å². The quantitative estimate of drug-likeness (QED) is 0.607. The number of anilines is 1. The molecule has 0 radical (unpaired) electrons. The number of likely N-dealkylation sites (N-methyl/N-ethyl adjacent to an activating group) is 1. The van der Waals surface area contributed by atoms with E-state index in [4.69, 9.17) is 17.3 Å². The summed E-state index contributed by atoms with van der Waals surface area (Å²) in [5, 5.41) is 9.74. The summed E-state index contributed by atoms with van der Waals surface area (Å²) in [5.41, 5.74) is 6.23. The Kier molecular flexibility index (Phi) is 7.63. The number of likely N-dealkylation sites (tertiary alicyclic amines) is 1. The highest BCUT2D eigenvalue weighted by atomic mass is 35.5. The van der Waals surface area contributed by atoms with Crippen LogP contribution in [0.5, 0.6) is 0 Å². The fourth-order valence-electron chi connectivity index (χ4n) is 5.20. The molecule has 192 valence electrons. The molecule has 4 rings (SSSR count). The molecule has 9 nitrogen and oxygen atoms in total. The smallest absolute Gasteiger partial charge is 0.407 e. The fraction of sp³-hybridized carbons (Fsp3) is 0.440. The lowest BCUT2D eigenvalue weighted by Gasteiger charge is -2.34. The first kappa shape index (κ1) is 25.7. The molecule has 0 bridgehead atoms. The zero-order valence-corrected chi connectivity index (χ0v) is 20.7. The largest absolute Gasteiger partial charge is 0.465 e. The van der Waals surface area contributed by atoms with Crippen LogP contribution in [0.4, 0.5) is 15.0 Å². The van der Waals surface area contributed by atoms with Crippen LogP contribution in [-0.2, 0) is 4.79 Å². The molecular formula is C25H29ClFN5O4. The molecule has 3 N–H and O–H groups in total. The summed E-state index contributed by atoms with van der Waals surface area (Å²) in [7, 11) is 0. The van der Waals surface area contributed by atoms with Crippen molar-refractivity contribution in [3.8, 4) is 0 Å². The number of piperidine rings is 1. The van der Waals surface area contributed by atoms with Crippen LogP contribution in [-0.4, -0.2) is 76.6 Å². The first-order valence-electron chi connectivity index (χ1n) is 11.9. The molecule has 2 fully saturated rings. The lowest BCUT2D eigenvalue weighted by molar-refractivity contribution is -0.135. The van der Waals surface area contributed by atoms with Crippen molar-refractivity contribution in [3.63, 3.8) is 0 Å². The number of nitrogens with two attached hydrogens (primary N) is 1. The lowest BCUT2D eigenvalue weighted by atomic mass is 9.93. The molecule has 1 aromatic heterocycles. The van der Waals surface area contributed by atoms with Gasteiger partial charge in [0.1, 0.15) is 11.6 Å². The third kappa shape index (κ3) is 5.23. The number of benzene rings is 1. The molecule has 0 saturated carbocycles. The van der Waals surface area contributed by atoms with E-state index < -0.39 is 23.9 Å². The molecule has 2 aliphatic rings. The third-order valence-electron chi connectivity index (χ3n) is 7.16. The van der Waals surface area contributed by atoms with Crippen molar-refractivity contribution < 1.29 is 23.9 Å². The predicted octanol–water partition coefficient (Wildman–Crippen LogP) is 3.18. The maximum absolute atomic E-state index is 14.2. The van der Waals surface area contributed by atoms with E-state index in [2.05, 4.69) is 9.88 Å². The summed E-state index contributed by atoms with van der Waals surface area (Å²) in [6, 6.07) is 7.39. The first-order valence-corrected chi connectivity index (χ1v) is 12.3. The number of primary amides is 1. The fourth-order valence-corrected chi connectivity index (χ4v) is 5.31. The topological polar surface area (TPSA) is 120 Å².